The minimum absolute atomic E-state index is 0.123. The minimum Gasteiger partial charge on any atom is -0.387 e. The third-order valence-electron chi connectivity index (χ3n) is 4.72. The second-order valence-corrected chi connectivity index (χ2v) is 6.68. The van der Waals surface area contributed by atoms with Crippen LogP contribution in [0.5, 0.6) is 0 Å². The van der Waals surface area contributed by atoms with Gasteiger partial charge in [-0.15, -0.1) is 0 Å². The van der Waals surface area contributed by atoms with E-state index in [0.717, 1.165) is 12.5 Å². The minimum atomic E-state index is -0.123. The summed E-state index contributed by atoms with van der Waals surface area (Å²) in [6, 6.07) is 0.833. The van der Waals surface area contributed by atoms with Crippen LogP contribution < -0.4 is 5.73 Å². The Labute approximate surface area is 119 Å². The van der Waals surface area contributed by atoms with E-state index in [1.165, 1.54) is 58.0 Å². The second kappa shape index (κ2) is 7.88. The molecule has 0 aromatic rings. The summed E-state index contributed by atoms with van der Waals surface area (Å²) in [5.74, 6) is 0.326. The molecule has 0 aromatic carbocycles. The van der Waals surface area contributed by atoms with Gasteiger partial charge in [-0.3, -0.25) is 5.41 Å². The van der Waals surface area contributed by atoms with Crippen molar-refractivity contribution in [2.45, 2.75) is 78.2 Å². The van der Waals surface area contributed by atoms with E-state index in [2.05, 4.69) is 25.7 Å². The topological polar surface area (TPSA) is 53.1 Å². The van der Waals surface area contributed by atoms with Crippen LogP contribution in [0, 0.1) is 10.8 Å². The number of nitrogens with two attached hydrogens (primary N) is 1. The summed E-state index contributed by atoms with van der Waals surface area (Å²) in [7, 11) is 0. The molecule has 0 aromatic heterocycles. The molecule has 0 aliphatic heterocycles. The Balaban J connectivity index is 2.24. The predicted molar refractivity (Wildman–Crippen MR) is 83.7 cm³/mol. The molecule has 3 nitrogen and oxygen atoms in total. The first kappa shape index (κ1) is 16.5. The maximum absolute atomic E-state index is 7.58. The molecule has 0 amide bonds. The maximum Gasteiger partial charge on any atom is 0.0963 e. The van der Waals surface area contributed by atoms with Crippen LogP contribution in [0.2, 0.25) is 0 Å². The SMILES string of the molecule is CCN(CCCCC(C)(C)C(=N)N)C1CCCCC1. The molecule has 1 aliphatic carbocycles. The van der Waals surface area contributed by atoms with E-state index < -0.39 is 0 Å². The predicted octanol–water partition coefficient (Wildman–Crippen LogP) is 3.77. The summed E-state index contributed by atoms with van der Waals surface area (Å²) in [5, 5.41) is 7.58. The van der Waals surface area contributed by atoms with Crippen LogP contribution in [0.4, 0.5) is 0 Å². The van der Waals surface area contributed by atoms with Crippen molar-refractivity contribution in [3.05, 3.63) is 0 Å². The molecule has 19 heavy (non-hydrogen) atoms. The highest BCUT2D eigenvalue weighted by atomic mass is 15.1. The van der Waals surface area contributed by atoms with Gasteiger partial charge < -0.3 is 10.6 Å². The van der Waals surface area contributed by atoms with Gasteiger partial charge >= 0.3 is 0 Å². The van der Waals surface area contributed by atoms with E-state index in [9.17, 15) is 0 Å². The molecule has 0 spiro atoms. The molecule has 0 bridgehead atoms. The highest BCUT2D eigenvalue weighted by Gasteiger charge is 2.22. The summed E-state index contributed by atoms with van der Waals surface area (Å²) in [6.45, 7) is 8.84. The smallest absolute Gasteiger partial charge is 0.0963 e. The largest absolute Gasteiger partial charge is 0.387 e. The second-order valence-electron chi connectivity index (χ2n) is 6.68. The first-order valence-corrected chi connectivity index (χ1v) is 8.06. The monoisotopic (exact) mass is 267 g/mol. The zero-order chi connectivity index (χ0) is 14.3. The molecule has 1 rings (SSSR count). The molecule has 3 N–H and O–H groups in total. The van der Waals surface area contributed by atoms with Crippen molar-refractivity contribution in [2.24, 2.45) is 11.1 Å². The average Bonchev–Trinajstić information content (AvgIpc) is 2.39. The van der Waals surface area contributed by atoms with E-state index in [1.807, 2.05) is 0 Å². The Hall–Kier alpha value is -0.570. The maximum atomic E-state index is 7.58. The molecule has 1 aliphatic rings. The zero-order valence-electron chi connectivity index (χ0n) is 13.2. The highest BCUT2D eigenvalue weighted by Crippen LogP contribution is 2.25. The lowest BCUT2D eigenvalue weighted by molar-refractivity contribution is 0.159. The van der Waals surface area contributed by atoms with Crippen molar-refractivity contribution >= 4 is 5.84 Å². The molecule has 1 saturated carbocycles. The van der Waals surface area contributed by atoms with Crippen molar-refractivity contribution in [3.8, 4) is 0 Å². The van der Waals surface area contributed by atoms with Crippen LogP contribution in [-0.4, -0.2) is 29.9 Å². The van der Waals surface area contributed by atoms with Gasteiger partial charge in [-0.25, -0.2) is 0 Å². The molecule has 3 heteroatoms. The van der Waals surface area contributed by atoms with E-state index in [4.69, 9.17) is 11.1 Å². The van der Waals surface area contributed by atoms with E-state index in [1.54, 1.807) is 0 Å². The molecule has 0 atom stereocenters. The summed E-state index contributed by atoms with van der Waals surface area (Å²) in [5.41, 5.74) is 5.51. The number of hydrogen-bond acceptors (Lipinski definition) is 2. The first-order valence-electron chi connectivity index (χ1n) is 8.06. The fraction of sp³-hybridized carbons (Fsp3) is 0.938. The molecular weight excluding hydrogens is 234 g/mol. The van der Waals surface area contributed by atoms with E-state index in [-0.39, 0.29) is 5.41 Å². The average molecular weight is 267 g/mol. The zero-order valence-corrected chi connectivity index (χ0v) is 13.2. The van der Waals surface area contributed by atoms with Gasteiger partial charge in [0.2, 0.25) is 0 Å². The lowest BCUT2D eigenvalue weighted by Gasteiger charge is -2.33. The lowest BCUT2D eigenvalue weighted by Crippen LogP contribution is -2.37. The summed E-state index contributed by atoms with van der Waals surface area (Å²) >= 11 is 0. The van der Waals surface area contributed by atoms with Crippen LogP contribution in [0.25, 0.3) is 0 Å². The number of nitrogens with one attached hydrogen (secondary N) is 1. The van der Waals surface area contributed by atoms with Crippen molar-refractivity contribution in [3.63, 3.8) is 0 Å². The van der Waals surface area contributed by atoms with Gasteiger partial charge in [0.05, 0.1) is 5.84 Å². The lowest BCUT2D eigenvalue weighted by atomic mass is 9.86. The van der Waals surface area contributed by atoms with Crippen LogP contribution in [0.1, 0.15) is 72.1 Å². The first-order chi connectivity index (χ1) is 8.97. The van der Waals surface area contributed by atoms with Gasteiger partial charge in [-0.2, -0.15) is 0 Å². The summed E-state index contributed by atoms with van der Waals surface area (Å²) < 4.78 is 0. The fourth-order valence-corrected chi connectivity index (χ4v) is 3.06. The molecule has 1 fully saturated rings. The number of nitrogens with zero attached hydrogens (tertiary/aromatic N) is 1. The molecule has 0 radical (unpaired) electrons. The Morgan fingerprint density at radius 3 is 2.37 bits per heavy atom. The van der Waals surface area contributed by atoms with E-state index >= 15 is 0 Å². The van der Waals surface area contributed by atoms with Gasteiger partial charge in [0.25, 0.3) is 0 Å². The molecule has 112 valence electrons. The number of amidine groups is 1. The van der Waals surface area contributed by atoms with Gasteiger partial charge in [0, 0.05) is 11.5 Å². The Kier molecular flexibility index (Phi) is 6.84. The fourth-order valence-electron chi connectivity index (χ4n) is 3.06. The van der Waals surface area contributed by atoms with Crippen molar-refractivity contribution < 1.29 is 0 Å². The quantitative estimate of drug-likeness (QED) is 0.399. The molecular formula is C16H33N3. The standard InChI is InChI=1S/C16H33N3/c1-4-19(14-10-6-5-7-11-14)13-9-8-12-16(2,3)15(17)18/h14H,4-13H2,1-3H3,(H3,17,18). The normalized spacial score (nSPS) is 17.9. The number of rotatable bonds is 8. The molecule has 0 heterocycles. The molecule has 0 saturated heterocycles. The van der Waals surface area contributed by atoms with Gasteiger partial charge in [-0.05, 0) is 38.8 Å². The van der Waals surface area contributed by atoms with Gasteiger partial charge in [-0.1, -0.05) is 46.5 Å². The third-order valence-corrected chi connectivity index (χ3v) is 4.72. The van der Waals surface area contributed by atoms with Gasteiger partial charge in [0.15, 0.2) is 0 Å². The van der Waals surface area contributed by atoms with Crippen LogP contribution in [0.3, 0.4) is 0 Å². The Bertz CT molecular complexity index is 267. The molecule has 0 unspecified atom stereocenters. The van der Waals surface area contributed by atoms with Crippen LogP contribution >= 0.6 is 0 Å². The summed E-state index contributed by atoms with van der Waals surface area (Å²) in [4.78, 5) is 2.67. The van der Waals surface area contributed by atoms with Crippen LogP contribution in [-0.2, 0) is 0 Å². The van der Waals surface area contributed by atoms with Crippen molar-refractivity contribution in [1.82, 2.24) is 4.90 Å². The highest BCUT2D eigenvalue weighted by molar-refractivity contribution is 5.82. The summed E-state index contributed by atoms with van der Waals surface area (Å²) in [6.07, 6.45) is 10.5. The van der Waals surface area contributed by atoms with E-state index in [0.29, 0.717) is 5.84 Å². The van der Waals surface area contributed by atoms with Crippen LogP contribution in [0.15, 0.2) is 0 Å². The number of unbranched alkanes of at least 4 members (excludes halogenated alkanes) is 1. The third kappa shape index (κ3) is 5.52. The number of hydrogen-bond donors (Lipinski definition) is 2. The van der Waals surface area contributed by atoms with Gasteiger partial charge in [0.1, 0.15) is 0 Å². The Morgan fingerprint density at radius 2 is 1.84 bits per heavy atom. The van der Waals surface area contributed by atoms with Crippen molar-refractivity contribution in [2.75, 3.05) is 13.1 Å². The van der Waals surface area contributed by atoms with Crippen molar-refractivity contribution in [1.29, 1.82) is 5.41 Å². The Morgan fingerprint density at radius 1 is 1.21 bits per heavy atom.